The van der Waals surface area contributed by atoms with Crippen LogP contribution in [0.5, 0.6) is 0 Å². The largest absolute Gasteiger partial charge is 0.300 e. The molecule has 2 heterocycles. The van der Waals surface area contributed by atoms with Gasteiger partial charge in [-0.15, -0.1) is 11.3 Å². The maximum Gasteiger partial charge on any atom is 0.246 e. The lowest BCUT2D eigenvalue weighted by Crippen LogP contribution is -2.39. The predicted octanol–water partition coefficient (Wildman–Crippen LogP) is 2.69. The Kier molecular flexibility index (Phi) is 3.90. The lowest BCUT2D eigenvalue weighted by molar-refractivity contribution is -0.143. The average Bonchev–Trinajstić information content (AvgIpc) is 3.43. The van der Waals surface area contributed by atoms with Gasteiger partial charge in [0, 0.05) is 10.9 Å². The molecule has 2 bridgehead atoms. The lowest BCUT2D eigenvalue weighted by Gasteiger charge is -2.16. The van der Waals surface area contributed by atoms with Gasteiger partial charge in [0.2, 0.25) is 17.7 Å². The van der Waals surface area contributed by atoms with Crippen molar-refractivity contribution in [3.63, 3.8) is 0 Å². The van der Waals surface area contributed by atoms with Crippen LogP contribution in [-0.4, -0.2) is 34.2 Å². The molecule has 3 aliphatic rings. The fraction of sp³-hybridized carbons (Fsp3) is 0.300. The van der Waals surface area contributed by atoms with Gasteiger partial charge in [0.25, 0.3) is 0 Å². The minimum absolute atomic E-state index is 0.118. The van der Waals surface area contributed by atoms with E-state index in [-0.39, 0.29) is 47.8 Å². The molecule has 142 valence electrons. The van der Waals surface area contributed by atoms with Crippen LogP contribution in [0.2, 0.25) is 0 Å². The molecule has 28 heavy (non-hydrogen) atoms. The molecule has 1 aromatic heterocycles. The van der Waals surface area contributed by atoms with Crippen LogP contribution in [0.15, 0.2) is 41.8 Å². The molecule has 1 saturated heterocycles. The van der Waals surface area contributed by atoms with Gasteiger partial charge in [0.05, 0.1) is 17.5 Å². The Hall–Kier alpha value is -2.87. The Bertz CT molecular complexity index is 1000. The molecule has 8 heteroatoms. The molecule has 0 radical (unpaired) electrons. The van der Waals surface area contributed by atoms with Crippen LogP contribution in [0.3, 0.4) is 0 Å². The van der Waals surface area contributed by atoms with Crippen molar-refractivity contribution < 1.29 is 18.8 Å². The van der Waals surface area contributed by atoms with Crippen molar-refractivity contribution in [3.05, 3.63) is 47.6 Å². The van der Waals surface area contributed by atoms with Crippen LogP contribution in [0, 0.1) is 29.5 Å². The molecule has 1 aromatic carbocycles. The number of rotatable bonds is 4. The zero-order chi connectivity index (χ0) is 19.4. The number of benzene rings is 1. The summed E-state index contributed by atoms with van der Waals surface area (Å²) in [6.07, 6.45) is 4.89. The van der Waals surface area contributed by atoms with Gasteiger partial charge >= 0.3 is 0 Å². The van der Waals surface area contributed by atoms with Gasteiger partial charge in [-0.3, -0.25) is 19.3 Å². The summed E-state index contributed by atoms with van der Waals surface area (Å²) in [5.41, 5.74) is 1.16. The second-order valence-electron chi connectivity index (χ2n) is 7.36. The number of carbonyl (C=O) groups is 3. The molecular weight excluding hydrogens is 381 g/mol. The Morgan fingerprint density at radius 1 is 1.21 bits per heavy atom. The van der Waals surface area contributed by atoms with Crippen molar-refractivity contribution in [1.82, 2.24) is 9.88 Å². The predicted molar refractivity (Wildman–Crippen MR) is 101 cm³/mol. The summed E-state index contributed by atoms with van der Waals surface area (Å²) in [5.74, 6) is -1.72. The quantitative estimate of drug-likeness (QED) is 0.636. The van der Waals surface area contributed by atoms with Crippen LogP contribution in [-0.2, 0) is 14.4 Å². The molecule has 4 atom stereocenters. The second-order valence-corrected chi connectivity index (χ2v) is 8.22. The first kappa shape index (κ1) is 17.2. The molecule has 3 amide bonds. The van der Waals surface area contributed by atoms with Gasteiger partial charge in [-0.25, -0.2) is 9.37 Å². The summed E-state index contributed by atoms with van der Waals surface area (Å²) < 4.78 is 13.4. The molecule has 2 aliphatic carbocycles. The first-order chi connectivity index (χ1) is 13.5. The monoisotopic (exact) mass is 397 g/mol. The second kappa shape index (κ2) is 6.34. The van der Waals surface area contributed by atoms with Gasteiger partial charge < -0.3 is 5.32 Å². The van der Waals surface area contributed by atoms with E-state index in [2.05, 4.69) is 10.3 Å². The number of hydrogen-bond acceptors (Lipinski definition) is 5. The van der Waals surface area contributed by atoms with Crippen molar-refractivity contribution in [1.29, 1.82) is 0 Å². The average molecular weight is 397 g/mol. The molecule has 1 N–H and O–H groups in total. The SMILES string of the molecule is O=C(CN1C(=O)C2C3C=CC(C3)C2C1=O)Nc1nc(-c2cccc(F)c2)cs1. The summed E-state index contributed by atoms with van der Waals surface area (Å²) in [4.78, 5) is 43.0. The number of aromatic nitrogens is 1. The first-order valence-electron chi connectivity index (χ1n) is 9.06. The number of nitrogens with one attached hydrogen (secondary N) is 1. The number of carbonyl (C=O) groups excluding carboxylic acids is 3. The third kappa shape index (κ3) is 2.67. The van der Waals surface area contributed by atoms with Gasteiger partial charge in [-0.05, 0) is 30.4 Å². The standard InChI is InChI=1S/C20H16FN3O3S/c21-13-3-1-2-10(7-13)14-9-28-20(22-14)23-15(25)8-24-18(26)16-11-4-5-12(6-11)17(16)19(24)27/h1-5,7,9,11-12,16-17H,6,8H2,(H,22,23,25). The van der Waals surface area contributed by atoms with Gasteiger partial charge in [-0.2, -0.15) is 0 Å². The summed E-state index contributed by atoms with van der Waals surface area (Å²) in [5, 5.41) is 4.68. The molecule has 1 saturated carbocycles. The summed E-state index contributed by atoms with van der Waals surface area (Å²) in [7, 11) is 0. The number of hydrogen-bond donors (Lipinski definition) is 1. The fourth-order valence-electron chi connectivity index (χ4n) is 4.53. The number of anilines is 1. The van der Waals surface area contributed by atoms with E-state index >= 15 is 0 Å². The molecule has 2 fully saturated rings. The van der Waals surface area contributed by atoms with E-state index in [9.17, 15) is 18.8 Å². The number of fused-ring (bicyclic) bond motifs is 5. The van der Waals surface area contributed by atoms with Crippen molar-refractivity contribution in [2.24, 2.45) is 23.7 Å². The van der Waals surface area contributed by atoms with Crippen LogP contribution >= 0.6 is 11.3 Å². The van der Waals surface area contributed by atoms with Crippen molar-refractivity contribution >= 4 is 34.2 Å². The maximum absolute atomic E-state index is 13.4. The maximum atomic E-state index is 13.4. The minimum Gasteiger partial charge on any atom is -0.300 e. The number of halogens is 1. The van der Waals surface area contributed by atoms with E-state index < -0.39 is 5.91 Å². The van der Waals surface area contributed by atoms with E-state index in [1.165, 1.54) is 23.5 Å². The highest BCUT2D eigenvalue weighted by Crippen LogP contribution is 2.52. The van der Waals surface area contributed by atoms with E-state index in [1.54, 1.807) is 17.5 Å². The number of amides is 3. The van der Waals surface area contributed by atoms with Gasteiger partial charge in [0.1, 0.15) is 12.4 Å². The Morgan fingerprint density at radius 2 is 1.93 bits per heavy atom. The molecule has 0 spiro atoms. The van der Waals surface area contributed by atoms with E-state index in [4.69, 9.17) is 0 Å². The molecular formula is C20H16FN3O3S. The van der Waals surface area contributed by atoms with Gasteiger partial charge in [0.15, 0.2) is 5.13 Å². The first-order valence-corrected chi connectivity index (χ1v) is 9.94. The highest BCUT2D eigenvalue weighted by atomic mass is 32.1. The Balaban J connectivity index is 1.26. The molecule has 4 unspecified atom stereocenters. The van der Waals surface area contributed by atoms with Gasteiger partial charge in [-0.1, -0.05) is 24.3 Å². The van der Waals surface area contributed by atoms with Crippen LogP contribution in [0.1, 0.15) is 6.42 Å². The van der Waals surface area contributed by atoms with E-state index in [0.29, 0.717) is 16.4 Å². The van der Waals surface area contributed by atoms with Crippen molar-refractivity contribution in [2.45, 2.75) is 6.42 Å². The third-order valence-corrected chi connectivity index (χ3v) is 6.49. The fourth-order valence-corrected chi connectivity index (χ4v) is 5.27. The van der Waals surface area contributed by atoms with Crippen molar-refractivity contribution in [3.8, 4) is 11.3 Å². The Labute approximate surface area is 164 Å². The number of imide groups is 1. The third-order valence-electron chi connectivity index (χ3n) is 5.73. The molecule has 2 aromatic rings. The normalized spacial score (nSPS) is 27.5. The smallest absolute Gasteiger partial charge is 0.246 e. The molecule has 1 aliphatic heterocycles. The number of allylic oxidation sites excluding steroid dienone is 2. The lowest BCUT2D eigenvalue weighted by atomic mass is 9.85. The minimum atomic E-state index is -0.470. The number of nitrogens with zero attached hydrogens (tertiary/aromatic N) is 2. The van der Waals surface area contributed by atoms with Crippen LogP contribution in [0.25, 0.3) is 11.3 Å². The van der Waals surface area contributed by atoms with Crippen LogP contribution in [0.4, 0.5) is 9.52 Å². The molecule has 6 nitrogen and oxygen atoms in total. The summed E-state index contributed by atoms with van der Waals surface area (Å²) in [6, 6.07) is 6.03. The molecule has 5 rings (SSSR count). The summed E-state index contributed by atoms with van der Waals surface area (Å²) in [6.45, 7) is -0.307. The highest BCUT2D eigenvalue weighted by molar-refractivity contribution is 7.14. The van der Waals surface area contributed by atoms with E-state index in [0.717, 1.165) is 11.3 Å². The zero-order valence-electron chi connectivity index (χ0n) is 14.7. The van der Waals surface area contributed by atoms with Crippen molar-refractivity contribution in [2.75, 3.05) is 11.9 Å². The van der Waals surface area contributed by atoms with E-state index in [1.807, 2.05) is 12.2 Å². The van der Waals surface area contributed by atoms with Crippen LogP contribution < -0.4 is 5.32 Å². The summed E-state index contributed by atoms with van der Waals surface area (Å²) >= 11 is 1.20. The number of likely N-dealkylation sites (tertiary alicyclic amines) is 1. The number of thiazole rings is 1. The highest BCUT2D eigenvalue weighted by Gasteiger charge is 2.59. The Morgan fingerprint density at radius 3 is 2.61 bits per heavy atom. The zero-order valence-corrected chi connectivity index (χ0v) is 15.5. The topological polar surface area (TPSA) is 79.4 Å².